The zero-order chi connectivity index (χ0) is 18.8. The summed E-state index contributed by atoms with van der Waals surface area (Å²) in [5.41, 5.74) is 4.97. The van der Waals surface area contributed by atoms with Crippen molar-refractivity contribution in [2.24, 2.45) is 5.92 Å². The molecule has 3 atom stereocenters. The minimum absolute atomic E-state index is 0.215. The zero-order valence-electron chi connectivity index (χ0n) is 16.4. The molecule has 0 fully saturated rings. The molecule has 0 spiro atoms. The average Bonchev–Trinajstić information content (AvgIpc) is 2.73. The normalized spacial score (nSPS) is 24.3. The van der Waals surface area contributed by atoms with Crippen LogP contribution in [0.3, 0.4) is 0 Å². The first-order valence-corrected chi connectivity index (χ1v) is 9.78. The van der Waals surface area contributed by atoms with E-state index < -0.39 is 0 Å². The molecule has 142 valence electrons. The number of nitrogens with zero attached hydrogens (tertiary/aromatic N) is 1. The quantitative estimate of drug-likeness (QED) is 0.799. The van der Waals surface area contributed by atoms with Gasteiger partial charge in [0.1, 0.15) is 0 Å². The molecule has 1 aromatic heterocycles. The van der Waals surface area contributed by atoms with Crippen molar-refractivity contribution in [3.05, 3.63) is 65.0 Å². The van der Waals surface area contributed by atoms with Gasteiger partial charge in [-0.2, -0.15) is 0 Å². The fraction of sp³-hybridized carbons (Fsp3) is 0.435. The third kappa shape index (κ3) is 3.59. The van der Waals surface area contributed by atoms with Crippen LogP contribution in [0, 0.1) is 12.8 Å². The first-order valence-electron chi connectivity index (χ1n) is 9.78. The standard InChI is InChI=1S/C23H28N2O2/c1-15-9-10-19(24-14-15)20-11-17-12-21(26-2)22(27-3)13-18(17)23(25-20)16-7-5-4-6-8-16/h4-5,9-10,12-14,16,20,23,25H,6-8,11H2,1-3H3/t16-,20-,23-/m1/s1. The Morgan fingerprint density at radius 3 is 2.56 bits per heavy atom. The van der Waals surface area contributed by atoms with Gasteiger partial charge in [-0.25, -0.2) is 0 Å². The number of benzene rings is 1. The highest BCUT2D eigenvalue weighted by Crippen LogP contribution is 2.43. The van der Waals surface area contributed by atoms with E-state index in [0.29, 0.717) is 12.0 Å². The van der Waals surface area contributed by atoms with E-state index in [-0.39, 0.29) is 6.04 Å². The number of pyridine rings is 1. The van der Waals surface area contributed by atoms with Crippen LogP contribution >= 0.6 is 0 Å². The van der Waals surface area contributed by atoms with Crippen LogP contribution in [0.2, 0.25) is 0 Å². The Morgan fingerprint density at radius 2 is 1.89 bits per heavy atom. The first-order chi connectivity index (χ1) is 13.2. The van der Waals surface area contributed by atoms with Gasteiger partial charge in [0, 0.05) is 12.2 Å². The number of fused-ring (bicyclic) bond motifs is 1. The molecule has 0 radical (unpaired) electrons. The largest absolute Gasteiger partial charge is 0.493 e. The molecule has 4 rings (SSSR count). The summed E-state index contributed by atoms with van der Waals surface area (Å²) in [4.78, 5) is 4.70. The number of aromatic nitrogens is 1. The highest BCUT2D eigenvalue weighted by Gasteiger charge is 2.34. The predicted octanol–water partition coefficient (Wildman–Crippen LogP) is 4.69. The maximum Gasteiger partial charge on any atom is 0.161 e. The summed E-state index contributed by atoms with van der Waals surface area (Å²) in [5, 5.41) is 3.91. The Hall–Kier alpha value is -2.33. The molecule has 4 nitrogen and oxygen atoms in total. The molecule has 0 saturated carbocycles. The predicted molar refractivity (Wildman–Crippen MR) is 107 cm³/mol. The Morgan fingerprint density at radius 1 is 1.07 bits per heavy atom. The number of methoxy groups -OCH3 is 2. The van der Waals surface area contributed by atoms with E-state index in [1.54, 1.807) is 14.2 Å². The Kier molecular flexibility index (Phi) is 5.17. The van der Waals surface area contributed by atoms with Crippen LogP contribution in [0.15, 0.2) is 42.6 Å². The lowest BCUT2D eigenvalue weighted by molar-refractivity contribution is 0.282. The molecule has 0 unspecified atom stereocenters. The number of ether oxygens (including phenoxy) is 2. The van der Waals surface area contributed by atoms with Crippen LogP contribution < -0.4 is 14.8 Å². The molecule has 1 N–H and O–H groups in total. The fourth-order valence-corrected chi connectivity index (χ4v) is 4.37. The van der Waals surface area contributed by atoms with Gasteiger partial charge in [-0.1, -0.05) is 18.2 Å². The molecular weight excluding hydrogens is 336 g/mol. The average molecular weight is 364 g/mol. The number of hydrogen-bond donors (Lipinski definition) is 1. The van der Waals surface area contributed by atoms with Gasteiger partial charge in [-0.15, -0.1) is 0 Å². The molecule has 1 aromatic carbocycles. The van der Waals surface area contributed by atoms with E-state index >= 15 is 0 Å². The minimum Gasteiger partial charge on any atom is -0.493 e. The van der Waals surface area contributed by atoms with Crippen molar-refractivity contribution in [3.8, 4) is 11.5 Å². The number of allylic oxidation sites excluding steroid dienone is 2. The molecular formula is C23H28N2O2. The van der Waals surface area contributed by atoms with Crippen LogP contribution in [0.1, 0.15) is 53.7 Å². The van der Waals surface area contributed by atoms with Crippen molar-refractivity contribution >= 4 is 0 Å². The molecule has 0 bridgehead atoms. The number of hydrogen-bond acceptors (Lipinski definition) is 4. The third-order valence-corrected chi connectivity index (χ3v) is 5.86. The highest BCUT2D eigenvalue weighted by molar-refractivity contribution is 5.50. The van der Waals surface area contributed by atoms with Crippen molar-refractivity contribution < 1.29 is 9.47 Å². The molecule has 0 saturated heterocycles. The smallest absolute Gasteiger partial charge is 0.161 e. The van der Waals surface area contributed by atoms with Crippen molar-refractivity contribution in [2.45, 2.75) is 44.7 Å². The van der Waals surface area contributed by atoms with Crippen molar-refractivity contribution in [3.63, 3.8) is 0 Å². The van der Waals surface area contributed by atoms with Crippen molar-refractivity contribution in [2.75, 3.05) is 14.2 Å². The molecule has 1 aliphatic carbocycles. The first kappa shape index (κ1) is 18.1. The number of rotatable bonds is 4. The van der Waals surface area contributed by atoms with E-state index in [1.807, 2.05) is 6.20 Å². The summed E-state index contributed by atoms with van der Waals surface area (Å²) in [5.74, 6) is 2.19. The lowest BCUT2D eigenvalue weighted by Crippen LogP contribution is -2.38. The summed E-state index contributed by atoms with van der Waals surface area (Å²) in [6, 6.07) is 9.13. The fourth-order valence-electron chi connectivity index (χ4n) is 4.37. The molecule has 27 heavy (non-hydrogen) atoms. The summed E-state index contributed by atoms with van der Waals surface area (Å²) in [6.45, 7) is 2.08. The van der Waals surface area contributed by atoms with E-state index in [9.17, 15) is 0 Å². The zero-order valence-corrected chi connectivity index (χ0v) is 16.4. The van der Waals surface area contributed by atoms with Crippen LogP contribution in [0.25, 0.3) is 0 Å². The molecule has 0 amide bonds. The van der Waals surface area contributed by atoms with Gasteiger partial charge in [0.15, 0.2) is 11.5 Å². The third-order valence-electron chi connectivity index (χ3n) is 5.86. The topological polar surface area (TPSA) is 43.4 Å². The van der Waals surface area contributed by atoms with Gasteiger partial charge in [0.25, 0.3) is 0 Å². The van der Waals surface area contributed by atoms with E-state index in [2.05, 4.69) is 48.7 Å². The van der Waals surface area contributed by atoms with Crippen LogP contribution in [-0.2, 0) is 6.42 Å². The number of nitrogens with one attached hydrogen (secondary N) is 1. The lowest BCUT2D eigenvalue weighted by atomic mass is 9.78. The second-order valence-corrected chi connectivity index (χ2v) is 7.61. The second kappa shape index (κ2) is 7.73. The van der Waals surface area contributed by atoms with Gasteiger partial charge in [-0.3, -0.25) is 4.98 Å². The summed E-state index contributed by atoms with van der Waals surface area (Å²) in [7, 11) is 3.41. The summed E-state index contributed by atoms with van der Waals surface area (Å²) >= 11 is 0. The maximum absolute atomic E-state index is 5.58. The second-order valence-electron chi connectivity index (χ2n) is 7.61. The summed E-state index contributed by atoms with van der Waals surface area (Å²) in [6.07, 6.45) is 11.0. The molecule has 2 aromatic rings. The molecule has 2 aliphatic rings. The maximum atomic E-state index is 5.58. The molecule has 2 heterocycles. The lowest BCUT2D eigenvalue weighted by Gasteiger charge is -2.38. The van der Waals surface area contributed by atoms with Gasteiger partial charge in [-0.05, 0) is 73.4 Å². The van der Waals surface area contributed by atoms with Crippen molar-refractivity contribution in [1.82, 2.24) is 10.3 Å². The van der Waals surface area contributed by atoms with Gasteiger partial charge < -0.3 is 14.8 Å². The van der Waals surface area contributed by atoms with Crippen molar-refractivity contribution in [1.29, 1.82) is 0 Å². The Bertz CT molecular complexity index is 829. The van der Waals surface area contributed by atoms with Gasteiger partial charge in [0.05, 0.1) is 26.0 Å². The summed E-state index contributed by atoms with van der Waals surface area (Å²) < 4.78 is 11.2. The van der Waals surface area contributed by atoms with E-state index in [4.69, 9.17) is 14.5 Å². The SMILES string of the molecule is COc1cc2c(cc1OC)[C@@H]([C@@H]1CC=CCC1)N[C@@H](c1ccc(C)cn1)C2. The molecule has 1 aliphatic heterocycles. The highest BCUT2D eigenvalue weighted by atomic mass is 16.5. The minimum atomic E-state index is 0.215. The van der Waals surface area contributed by atoms with Crippen LogP contribution in [-0.4, -0.2) is 19.2 Å². The van der Waals surface area contributed by atoms with Gasteiger partial charge >= 0.3 is 0 Å². The number of aryl methyl sites for hydroxylation is 1. The molecule has 4 heteroatoms. The van der Waals surface area contributed by atoms with Crippen LogP contribution in [0.5, 0.6) is 11.5 Å². The Labute approximate surface area is 161 Å². The van der Waals surface area contributed by atoms with Crippen LogP contribution in [0.4, 0.5) is 0 Å². The van der Waals surface area contributed by atoms with E-state index in [0.717, 1.165) is 36.5 Å². The van der Waals surface area contributed by atoms with E-state index in [1.165, 1.54) is 23.1 Å². The Balaban J connectivity index is 1.75. The van der Waals surface area contributed by atoms with Gasteiger partial charge in [0.2, 0.25) is 0 Å². The monoisotopic (exact) mass is 364 g/mol.